The highest BCUT2D eigenvalue weighted by Crippen LogP contribution is 2.36. The zero-order valence-corrected chi connectivity index (χ0v) is 11.2. The predicted molar refractivity (Wildman–Crippen MR) is 76.1 cm³/mol. The van der Waals surface area contributed by atoms with Crippen LogP contribution in [0.15, 0.2) is 47.1 Å². The minimum absolute atomic E-state index is 0.183. The maximum absolute atomic E-state index is 13.0. The molecule has 0 aliphatic rings. The summed E-state index contributed by atoms with van der Waals surface area (Å²) in [4.78, 5) is 4.05. The molecule has 2 aromatic heterocycles. The average molecular weight is 285 g/mol. The Labute approximate surface area is 120 Å². The van der Waals surface area contributed by atoms with Gasteiger partial charge in [0.2, 0.25) is 11.8 Å². The lowest BCUT2D eigenvalue weighted by Crippen LogP contribution is -1.91. The molecule has 106 valence electrons. The number of pyridine rings is 1. The minimum Gasteiger partial charge on any atom is -0.481 e. The predicted octanol–water partition coefficient (Wildman–Crippen LogP) is 3.13. The Balaban J connectivity index is 2.14. The van der Waals surface area contributed by atoms with Crippen molar-refractivity contribution in [1.82, 2.24) is 10.1 Å². The van der Waals surface area contributed by atoms with Crippen molar-refractivity contribution in [1.29, 1.82) is 0 Å². The fraction of sp³-hybridized carbons (Fsp3) is 0.0667. The number of nitrogens with two attached hydrogens (primary N) is 1. The first kappa shape index (κ1) is 13.1. The first-order chi connectivity index (χ1) is 10.2. The molecule has 0 saturated heterocycles. The van der Waals surface area contributed by atoms with Crippen LogP contribution < -0.4 is 10.5 Å². The molecule has 6 heteroatoms. The smallest absolute Gasteiger partial charge is 0.230 e. The summed E-state index contributed by atoms with van der Waals surface area (Å²) >= 11 is 0. The average Bonchev–Trinajstić information content (AvgIpc) is 2.90. The Morgan fingerprint density at radius 2 is 1.90 bits per heavy atom. The Morgan fingerprint density at radius 1 is 1.14 bits per heavy atom. The second-order valence-corrected chi connectivity index (χ2v) is 4.36. The summed E-state index contributed by atoms with van der Waals surface area (Å²) in [6.07, 6.45) is 1.61. The summed E-state index contributed by atoms with van der Waals surface area (Å²) in [7, 11) is 1.53. The van der Waals surface area contributed by atoms with Gasteiger partial charge in [-0.3, -0.25) is 0 Å². The molecule has 0 spiro atoms. The van der Waals surface area contributed by atoms with E-state index in [4.69, 9.17) is 15.0 Å². The Bertz CT molecular complexity index is 769. The number of anilines is 1. The topological polar surface area (TPSA) is 74.2 Å². The fourth-order valence-electron chi connectivity index (χ4n) is 2.06. The highest BCUT2D eigenvalue weighted by atomic mass is 19.1. The molecule has 0 radical (unpaired) electrons. The van der Waals surface area contributed by atoms with Crippen LogP contribution in [0.25, 0.3) is 22.4 Å². The molecule has 0 saturated carbocycles. The van der Waals surface area contributed by atoms with Crippen LogP contribution in [-0.2, 0) is 0 Å². The zero-order chi connectivity index (χ0) is 14.8. The molecule has 1 aromatic carbocycles. The van der Waals surface area contributed by atoms with Gasteiger partial charge in [0, 0.05) is 17.8 Å². The van der Waals surface area contributed by atoms with Crippen molar-refractivity contribution in [3.8, 4) is 28.3 Å². The SMILES string of the molecule is COc1cc(-c2c(-c3ccc(F)cc3)noc2N)ccn1. The third-order valence-electron chi connectivity index (χ3n) is 3.07. The van der Waals surface area contributed by atoms with E-state index in [2.05, 4.69) is 10.1 Å². The zero-order valence-electron chi connectivity index (χ0n) is 11.2. The summed E-state index contributed by atoms with van der Waals surface area (Å²) < 4.78 is 23.2. The van der Waals surface area contributed by atoms with Crippen LogP contribution in [0.1, 0.15) is 0 Å². The second kappa shape index (κ2) is 5.24. The van der Waals surface area contributed by atoms with Crippen LogP contribution in [0.5, 0.6) is 5.88 Å². The lowest BCUT2D eigenvalue weighted by atomic mass is 10.0. The maximum atomic E-state index is 13.0. The van der Waals surface area contributed by atoms with Gasteiger partial charge in [0.15, 0.2) is 0 Å². The van der Waals surface area contributed by atoms with Crippen molar-refractivity contribution < 1.29 is 13.7 Å². The highest BCUT2D eigenvalue weighted by molar-refractivity contribution is 5.86. The lowest BCUT2D eigenvalue weighted by Gasteiger charge is -2.04. The molecule has 3 rings (SSSR count). The molecule has 21 heavy (non-hydrogen) atoms. The van der Waals surface area contributed by atoms with Crippen molar-refractivity contribution in [2.45, 2.75) is 0 Å². The first-order valence-electron chi connectivity index (χ1n) is 6.20. The molecule has 0 aliphatic heterocycles. The summed E-state index contributed by atoms with van der Waals surface area (Å²) in [6.45, 7) is 0. The van der Waals surface area contributed by atoms with Crippen molar-refractivity contribution in [2.24, 2.45) is 0 Å². The van der Waals surface area contributed by atoms with Crippen molar-refractivity contribution in [2.75, 3.05) is 12.8 Å². The van der Waals surface area contributed by atoms with E-state index in [0.717, 1.165) is 5.56 Å². The molecule has 2 N–H and O–H groups in total. The van der Waals surface area contributed by atoms with Gasteiger partial charge in [-0.25, -0.2) is 9.37 Å². The highest BCUT2D eigenvalue weighted by Gasteiger charge is 2.18. The molecule has 2 heterocycles. The number of rotatable bonds is 3. The largest absolute Gasteiger partial charge is 0.481 e. The van der Waals surface area contributed by atoms with Gasteiger partial charge in [-0.05, 0) is 35.9 Å². The number of nitrogens with zero attached hydrogens (tertiary/aromatic N) is 2. The van der Waals surface area contributed by atoms with Crippen LogP contribution in [0, 0.1) is 5.82 Å². The number of ether oxygens (including phenoxy) is 1. The number of hydrogen-bond acceptors (Lipinski definition) is 5. The second-order valence-electron chi connectivity index (χ2n) is 4.36. The van der Waals surface area contributed by atoms with E-state index >= 15 is 0 Å². The molecular formula is C15H12FN3O2. The monoisotopic (exact) mass is 285 g/mol. The number of methoxy groups -OCH3 is 1. The molecule has 0 amide bonds. The van der Waals surface area contributed by atoms with Crippen molar-refractivity contribution in [3.05, 3.63) is 48.4 Å². The van der Waals surface area contributed by atoms with E-state index < -0.39 is 0 Å². The van der Waals surface area contributed by atoms with Crippen LogP contribution in [-0.4, -0.2) is 17.3 Å². The third kappa shape index (κ3) is 2.43. The van der Waals surface area contributed by atoms with Gasteiger partial charge >= 0.3 is 0 Å². The van der Waals surface area contributed by atoms with Crippen molar-refractivity contribution in [3.63, 3.8) is 0 Å². The fourth-order valence-corrected chi connectivity index (χ4v) is 2.06. The third-order valence-corrected chi connectivity index (χ3v) is 3.07. The van der Waals surface area contributed by atoms with Gasteiger partial charge < -0.3 is 15.0 Å². The molecular weight excluding hydrogens is 273 g/mol. The van der Waals surface area contributed by atoms with Crippen LogP contribution in [0.2, 0.25) is 0 Å². The summed E-state index contributed by atoms with van der Waals surface area (Å²) in [5.74, 6) is 0.322. The van der Waals surface area contributed by atoms with Crippen LogP contribution >= 0.6 is 0 Å². The summed E-state index contributed by atoms with van der Waals surface area (Å²) in [5, 5.41) is 3.96. The number of hydrogen-bond donors (Lipinski definition) is 1. The van der Waals surface area contributed by atoms with Gasteiger partial charge in [-0.1, -0.05) is 5.16 Å². The molecule has 0 unspecified atom stereocenters. The molecule has 0 fully saturated rings. The van der Waals surface area contributed by atoms with E-state index in [1.165, 1.54) is 19.2 Å². The van der Waals surface area contributed by atoms with Crippen LogP contribution in [0.3, 0.4) is 0 Å². The number of halogens is 1. The Morgan fingerprint density at radius 3 is 2.62 bits per heavy atom. The number of nitrogen functional groups attached to an aromatic ring is 1. The standard InChI is InChI=1S/C15H12FN3O2/c1-20-12-8-10(6-7-18-12)13-14(19-21-15(13)17)9-2-4-11(16)5-3-9/h2-8H,17H2,1H3. The van der Waals surface area contributed by atoms with Crippen LogP contribution in [0.4, 0.5) is 10.3 Å². The van der Waals surface area contributed by atoms with E-state index in [9.17, 15) is 4.39 Å². The quantitative estimate of drug-likeness (QED) is 0.800. The lowest BCUT2D eigenvalue weighted by molar-refractivity contribution is 0.398. The molecule has 5 nitrogen and oxygen atoms in total. The minimum atomic E-state index is -0.317. The van der Waals surface area contributed by atoms with Gasteiger partial charge in [0.25, 0.3) is 0 Å². The summed E-state index contributed by atoms with van der Waals surface area (Å²) in [6, 6.07) is 9.46. The number of aromatic nitrogens is 2. The molecule has 0 bridgehead atoms. The number of benzene rings is 1. The van der Waals surface area contributed by atoms with Gasteiger partial charge in [0.1, 0.15) is 11.5 Å². The van der Waals surface area contributed by atoms with E-state index in [1.807, 2.05) is 0 Å². The molecule has 0 aliphatic carbocycles. The van der Waals surface area contributed by atoms with Gasteiger partial charge in [-0.2, -0.15) is 0 Å². The van der Waals surface area contributed by atoms with E-state index in [-0.39, 0.29) is 11.7 Å². The molecule has 3 aromatic rings. The maximum Gasteiger partial charge on any atom is 0.230 e. The summed E-state index contributed by atoms with van der Waals surface area (Å²) in [5.41, 5.74) is 8.51. The van der Waals surface area contributed by atoms with E-state index in [1.54, 1.807) is 30.5 Å². The Hall–Kier alpha value is -2.89. The van der Waals surface area contributed by atoms with Gasteiger partial charge in [0.05, 0.1) is 12.7 Å². The van der Waals surface area contributed by atoms with E-state index in [0.29, 0.717) is 22.7 Å². The first-order valence-corrected chi connectivity index (χ1v) is 6.20. The van der Waals surface area contributed by atoms with Crippen molar-refractivity contribution >= 4 is 5.88 Å². The normalized spacial score (nSPS) is 10.6. The van der Waals surface area contributed by atoms with Gasteiger partial charge in [-0.15, -0.1) is 0 Å². The Kier molecular flexibility index (Phi) is 3.27. The molecule has 0 atom stereocenters.